The van der Waals surface area contributed by atoms with Crippen LogP contribution >= 0.6 is 0 Å². The highest BCUT2D eigenvalue weighted by Gasteiger charge is 2.20. The van der Waals surface area contributed by atoms with Crippen molar-refractivity contribution in [1.82, 2.24) is 5.32 Å². The van der Waals surface area contributed by atoms with E-state index >= 15 is 0 Å². The maximum absolute atomic E-state index is 12.3. The summed E-state index contributed by atoms with van der Waals surface area (Å²) in [4.78, 5) is 25.4. The first-order chi connectivity index (χ1) is 12.8. The van der Waals surface area contributed by atoms with Crippen LogP contribution in [-0.4, -0.2) is 24.6 Å². The van der Waals surface area contributed by atoms with Crippen LogP contribution < -0.4 is 20.4 Å². The molecule has 2 heterocycles. The molecule has 1 unspecified atom stereocenters. The molecular weight excluding hydrogens is 344 g/mol. The molecule has 1 atom stereocenters. The molecule has 27 heavy (non-hydrogen) atoms. The Kier molecular flexibility index (Phi) is 5.65. The summed E-state index contributed by atoms with van der Waals surface area (Å²) in [5, 5.41) is 2.78. The summed E-state index contributed by atoms with van der Waals surface area (Å²) in [5.41, 5.74) is 2.15. The van der Waals surface area contributed by atoms with Gasteiger partial charge in [-0.25, -0.2) is 0 Å². The minimum atomic E-state index is -0.342. The smallest absolute Gasteiger partial charge is 0.258 e. The number of fused-ring (bicyclic) bond motifs is 1. The molecule has 3 rings (SSSR count). The molecule has 0 bridgehead atoms. The molecule has 0 fully saturated rings. The van der Waals surface area contributed by atoms with Gasteiger partial charge in [0.05, 0.1) is 6.54 Å². The van der Waals surface area contributed by atoms with Crippen molar-refractivity contribution < 1.29 is 18.8 Å². The lowest BCUT2D eigenvalue weighted by atomic mass is 10.00. The van der Waals surface area contributed by atoms with Gasteiger partial charge in [-0.05, 0) is 26.3 Å². The van der Waals surface area contributed by atoms with E-state index in [2.05, 4.69) is 29.6 Å². The number of hydrogen-bond acceptors (Lipinski definition) is 4. The fraction of sp³-hybridized carbons (Fsp3) is 0.429. The molecule has 2 N–H and O–H groups in total. The standard InChI is InChI=1S/C21H26N2O4/c1-21(2,3)22-20(25)14-27-19-13-26-17(10-18(19)24)12-23-9-8-15-6-4-5-7-16(15)11-23/h4-7,10,13H,8-9,11-12,14H2,1-3H3,(H,22,25)/p+1. The fourth-order valence-corrected chi connectivity index (χ4v) is 3.27. The van der Waals surface area contributed by atoms with Crippen LogP contribution in [0.2, 0.25) is 0 Å². The van der Waals surface area contributed by atoms with Crippen molar-refractivity contribution in [2.45, 2.75) is 45.8 Å². The first-order valence-electron chi connectivity index (χ1n) is 9.26. The van der Waals surface area contributed by atoms with E-state index in [0.717, 1.165) is 19.5 Å². The number of benzene rings is 1. The monoisotopic (exact) mass is 371 g/mol. The zero-order chi connectivity index (χ0) is 19.4. The number of ether oxygens (including phenoxy) is 1. The molecule has 6 heteroatoms. The second kappa shape index (κ2) is 7.96. The van der Waals surface area contributed by atoms with Gasteiger partial charge in [0.25, 0.3) is 5.91 Å². The van der Waals surface area contributed by atoms with Crippen LogP contribution in [0.4, 0.5) is 0 Å². The van der Waals surface area contributed by atoms with E-state index in [0.29, 0.717) is 12.3 Å². The Hall–Kier alpha value is -2.60. The summed E-state index contributed by atoms with van der Waals surface area (Å²) < 4.78 is 10.9. The van der Waals surface area contributed by atoms with Gasteiger partial charge in [0.1, 0.15) is 19.4 Å². The SMILES string of the molecule is CC(C)(C)NC(=O)COc1coc(C[NH+]2CCc3ccccc3C2)cc1=O. The lowest BCUT2D eigenvalue weighted by molar-refractivity contribution is -0.930. The molecule has 1 aliphatic rings. The minimum Gasteiger partial charge on any atom is -0.477 e. The predicted molar refractivity (Wildman–Crippen MR) is 102 cm³/mol. The van der Waals surface area contributed by atoms with Crippen LogP contribution in [0.3, 0.4) is 0 Å². The number of nitrogens with one attached hydrogen (secondary N) is 2. The average Bonchev–Trinajstić information content (AvgIpc) is 2.59. The average molecular weight is 371 g/mol. The number of amides is 1. The first-order valence-corrected chi connectivity index (χ1v) is 9.26. The lowest BCUT2D eigenvalue weighted by Crippen LogP contribution is -3.10. The Morgan fingerprint density at radius 2 is 2.00 bits per heavy atom. The van der Waals surface area contributed by atoms with Crippen molar-refractivity contribution in [2.75, 3.05) is 13.2 Å². The Morgan fingerprint density at radius 3 is 2.70 bits per heavy atom. The third-order valence-electron chi connectivity index (χ3n) is 4.46. The van der Waals surface area contributed by atoms with Crippen molar-refractivity contribution in [3.05, 3.63) is 63.7 Å². The lowest BCUT2D eigenvalue weighted by Gasteiger charge is -2.25. The number of hydrogen-bond donors (Lipinski definition) is 2. The van der Waals surface area contributed by atoms with E-state index in [1.807, 2.05) is 20.8 Å². The van der Waals surface area contributed by atoms with Gasteiger partial charge in [0, 0.05) is 23.6 Å². The first kappa shape index (κ1) is 19.2. The fourth-order valence-electron chi connectivity index (χ4n) is 3.27. The van der Waals surface area contributed by atoms with E-state index in [4.69, 9.17) is 9.15 Å². The Morgan fingerprint density at radius 1 is 1.26 bits per heavy atom. The van der Waals surface area contributed by atoms with Crippen LogP contribution in [0.5, 0.6) is 5.75 Å². The highest BCUT2D eigenvalue weighted by molar-refractivity contribution is 5.78. The van der Waals surface area contributed by atoms with E-state index in [1.54, 1.807) is 0 Å². The van der Waals surface area contributed by atoms with E-state index in [1.165, 1.54) is 28.4 Å². The minimum absolute atomic E-state index is 0.0572. The summed E-state index contributed by atoms with van der Waals surface area (Å²) in [6.07, 6.45) is 2.33. The number of carbonyl (C=O) groups excluding carboxylic acids is 1. The third-order valence-corrected chi connectivity index (χ3v) is 4.46. The molecule has 1 aromatic heterocycles. The molecule has 1 aromatic carbocycles. The Balaban J connectivity index is 1.57. The van der Waals surface area contributed by atoms with Crippen LogP contribution in [0, 0.1) is 0 Å². The number of carbonyl (C=O) groups is 1. The molecule has 0 spiro atoms. The third kappa shape index (κ3) is 5.44. The molecular formula is C21H27N2O4+. The van der Waals surface area contributed by atoms with Crippen LogP contribution in [0.15, 0.2) is 45.8 Å². The highest BCUT2D eigenvalue weighted by atomic mass is 16.5. The zero-order valence-corrected chi connectivity index (χ0v) is 16.1. The molecule has 0 aliphatic carbocycles. The van der Waals surface area contributed by atoms with E-state index < -0.39 is 0 Å². The van der Waals surface area contributed by atoms with Gasteiger partial charge in [0.2, 0.25) is 11.2 Å². The molecule has 0 saturated heterocycles. The van der Waals surface area contributed by atoms with Gasteiger partial charge in [-0.1, -0.05) is 24.3 Å². The van der Waals surface area contributed by atoms with Crippen molar-refractivity contribution in [3.8, 4) is 5.75 Å². The topological polar surface area (TPSA) is 73.0 Å². The second-order valence-corrected chi connectivity index (χ2v) is 8.03. The van der Waals surface area contributed by atoms with Gasteiger partial charge in [-0.3, -0.25) is 9.59 Å². The van der Waals surface area contributed by atoms with Crippen molar-refractivity contribution in [3.63, 3.8) is 0 Å². The maximum Gasteiger partial charge on any atom is 0.258 e. The molecule has 1 amide bonds. The Bertz CT molecular complexity index is 867. The summed E-state index contributed by atoms with van der Waals surface area (Å²) in [6, 6.07) is 9.93. The molecule has 144 valence electrons. The normalized spacial score (nSPS) is 16.5. The van der Waals surface area contributed by atoms with Crippen LogP contribution in [0.1, 0.15) is 37.7 Å². The quantitative estimate of drug-likeness (QED) is 0.825. The summed E-state index contributed by atoms with van der Waals surface area (Å²) in [5.74, 6) is 0.407. The van der Waals surface area contributed by atoms with Gasteiger partial charge < -0.3 is 19.4 Å². The van der Waals surface area contributed by atoms with Crippen LogP contribution in [-0.2, 0) is 24.3 Å². The molecule has 0 radical (unpaired) electrons. The predicted octanol–water partition coefficient (Wildman–Crippen LogP) is 1.07. The maximum atomic E-state index is 12.3. The van der Waals surface area contributed by atoms with Crippen molar-refractivity contribution >= 4 is 5.91 Å². The number of rotatable bonds is 5. The van der Waals surface area contributed by atoms with Gasteiger partial charge in [-0.2, -0.15) is 0 Å². The largest absolute Gasteiger partial charge is 0.477 e. The summed E-state index contributed by atoms with van der Waals surface area (Å²) in [7, 11) is 0. The molecule has 0 saturated carbocycles. The van der Waals surface area contributed by atoms with Gasteiger partial charge >= 0.3 is 0 Å². The molecule has 6 nitrogen and oxygen atoms in total. The Labute approximate surface area is 159 Å². The van der Waals surface area contributed by atoms with Gasteiger partial charge in [-0.15, -0.1) is 0 Å². The zero-order valence-electron chi connectivity index (χ0n) is 16.1. The van der Waals surface area contributed by atoms with E-state index in [9.17, 15) is 9.59 Å². The molecule has 1 aliphatic heterocycles. The second-order valence-electron chi connectivity index (χ2n) is 8.03. The van der Waals surface area contributed by atoms with Crippen molar-refractivity contribution in [1.29, 1.82) is 0 Å². The summed E-state index contributed by atoms with van der Waals surface area (Å²) in [6.45, 7) is 8.01. The van der Waals surface area contributed by atoms with E-state index in [-0.39, 0.29) is 29.2 Å². The number of quaternary nitrogens is 1. The van der Waals surface area contributed by atoms with Crippen molar-refractivity contribution in [2.24, 2.45) is 0 Å². The molecule has 2 aromatic rings. The van der Waals surface area contributed by atoms with Gasteiger partial charge in [0.15, 0.2) is 12.4 Å². The summed E-state index contributed by atoms with van der Waals surface area (Å²) >= 11 is 0. The van der Waals surface area contributed by atoms with Crippen LogP contribution in [0.25, 0.3) is 0 Å². The highest BCUT2D eigenvalue weighted by Crippen LogP contribution is 2.11.